The van der Waals surface area contributed by atoms with E-state index in [0.29, 0.717) is 36.3 Å². The van der Waals surface area contributed by atoms with Gasteiger partial charge in [0.1, 0.15) is 17.9 Å². The molecule has 4 rings (SSSR count). The Morgan fingerprint density at radius 2 is 1.82 bits per heavy atom. The van der Waals surface area contributed by atoms with Crippen molar-refractivity contribution in [2.24, 2.45) is 0 Å². The third-order valence-corrected chi connectivity index (χ3v) is 5.94. The van der Waals surface area contributed by atoms with Gasteiger partial charge in [0.15, 0.2) is 0 Å². The summed E-state index contributed by atoms with van der Waals surface area (Å²) in [6.45, 7) is 2.59. The van der Waals surface area contributed by atoms with E-state index in [4.69, 9.17) is 13.9 Å². The summed E-state index contributed by atoms with van der Waals surface area (Å²) in [6.07, 6.45) is 4.35. The molecule has 1 aliphatic carbocycles. The average molecular weight is 464 g/mol. The maximum Gasteiger partial charge on any atom is 0.407 e. The summed E-state index contributed by atoms with van der Waals surface area (Å²) < 4.78 is 16.4. The predicted octanol–water partition coefficient (Wildman–Crippen LogP) is 4.98. The Balaban J connectivity index is 1.22. The maximum absolute atomic E-state index is 12.5. The Kier molecular flexibility index (Phi) is 7.62. The van der Waals surface area contributed by atoms with Crippen molar-refractivity contribution in [3.8, 4) is 5.75 Å². The highest BCUT2D eigenvalue weighted by Crippen LogP contribution is 2.35. The Morgan fingerprint density at radius 3 is 2.65 bits per heavy atom. The van der Waals surface area contributed by atoms with Crippen LogP contribution < -0.4 is 15.7 Å². The summed E-state index contributed by atoms with van der Waals surface area (Å²) in [6, 6.07) is 13.1. The first kappa shape index (κ1) is 23.5. The Hall–Kier alpha value is -3.61. The second kappa shape index (κ2) is 11.0. The van der Waals surface area contributed by atoms with Crippen LogP contribution in [0, 0.1) is 6.92 Å². The van der Waals surface area contributed by atoms with Crippen LogP contribution in [0.1, 0.15) is 54.4 Å². The smallest absolute Gasteiger partial charge is 0.407 e. The fourth-order valence-corrected chi connectivity index (χ4v) is 4.30. The number of fused-ring (bicyclic) bond motifs is 3. The first-order chi connectivity index (χ1) is 16.5. The summed E-state index contributed by atoms with van der Waals surface area (Å²) >= 11 is 0. The van der Waals surface area contributed by atoms with E-state index in [1.165, 1.54) is 0 Å². The van der Waals surface area contributed by atoms with Crippen LogP contribution >= 0.6 is 0 Å². The molecule has 7 nitrogen and oxygen atoms in total. The van der Waals surface area contributed by atoms with Gasteiger partial charge < -0.3 is 19.2 Å². The van der Waals surface area contributed by atoms with Crippen molar-refractivity contribution in [2.45, 2.75) is 58.5 Å². The minimum absolute atomic E-state index is 0.235. The summed E-state index contributed by atoms with van der Waals surface area (Å²) in [5.74, 6) is 0.143. The van der Waals surface area contributed by atoms with Crippen molar-refractivity contribution in [3.63, 3.8) is 0 Å². The Bertz CT molecular complexity index is 1230. The minimum atomic E-state index is -0.450. The van der Waals surface area contributed by atoms with Gasteiger partial charge >= 0.3 is 17.7 Å². The molecule has 0 saturated heterocycles. The van der Waals surface area contributed by atoms with E-state index >= 15 is 0 Å². The van der Waals surface area contributed by atoms with Crippen molar-refractivity contribution in [1.29, 1.82) is 0 Å². The normalized spacial score (nSPS) is 12.4. The molecule has 0 spiro atoms. The van der Waals surface area contributed by atoms with Crippen molar-refractivity contribution in [1.82, 2.24) is 5.32 Å². The number of unbranched alkanes of at least 4 members (excludes halogenated alkanes) is 2. The van der Waals surface area contributed by atoms with Gasteiger partial charge in [-0.15, -0.1) is 0 Å². The number of ether oxygens (including phenoxy) is 2. The lowest BCUT2D eigenvalue weighted by Gasteiger charge is -2.12. The topological polar surface area (TPSA) is 94.8 Å². The number of carbonyl (C=O) groups excluding carboxylic acids is 2. The van der Waals surface area contributed by atoms with Gasteiger partial charge in [-0.25, -0.2) is 9.59 Å². The molecule has 34 heavy (non-hydrogen) atoms. The van der Waals surface area contributed by atoms with Crippen LogP contribution in [0.3, 0.4) is 0 Å². The fraction of sp³-hybridized carbons (Fsp3) is 0.370. The molecule has 178 valence electrons. The average Bonchev–Trinajstić information content (AvgIpc) is 3.31. The quantitative estimate of drug-likeness (QED) is 0.208. The number of hydrogen-bond acceptors (Lipinski definition) is 6. The number of rotatable bonds is 9. The van der Waals surface area contributed by atoms with Gasteiger partial charge in [0.25, 0.3) is 0 Å². The lowest BCUT2D eigenvalue weighted by atomic mass is 10.0. The molecule has 0 unspecified atom stereocenters. The fourth-order valence-electron chi connectivity index (χ4n) is 4.30. The monoisotopic (exact) mass is 463 g/mol. The minimum Gasteiger partial charge on any atom is -0.445 e. The summed E-state index contributed by atoms with van der Waals surface area (Å²) in [4.78, 5) is 36.5. The van der Waals surface area contributed by atoms with E-state index < -0.39 is 6.09 Å². The largest absolute Gasteiger partial charge is 0.445 e. The first-order valence-electron chi connectivity index (χ1n) is 11.8. The summed E-state index contributed by atoms with van der Waals surface area (Å²) in [5, 5.41) is 3.46. The van der Waals surface area contributed by atoms with Gasteiger partial charge in [-0.3, -0.25) is 4.79 Å². The van der Waals surface area contributed by atoms with E-state index in [0.717, 1.165) is 47.8 Å². The number of carbonyl (C=O) groups is 2. The zero-order valence-electron chi connectivity index (χ0n) is 19.4. The number of hydrogen-bond donors (Lipinski definition) is 1. The van der Waals surface area contributed by atoms with E-state index in [2.05, 4.69) is 5.32 Å². The molecule has 0 atom stereocenters. The predicted molar refractivity (Wildman–Crippen MR) is 128 cm³/mol. The number of alkyl carbamates (subject to hydrolysis) is 1. The summed E-state index contributed by atoms with van der Waals surface area (Å²) in [5.41, 5.74) is 3.62. The van der Waals surface area contributed by atoms with Crippen molar-refractivity contribution >= 4 is 23.0 Å². The molecule has 1 heterocycles. The lowest BCUT2D eigenvalue weighted by molar-refractivity contribution is -0.134. The van der Waals surface area contributed by atoms with Gasteiger partial charge in [0.2, 0.25) is 0 Å². The molecule has 0 radical (unpaired) electrons. The molecule has 0 saturated carbocycles. The van der Waals surface area contributed by atoms with E-state index in [1.807, 2.05) is 49.4 Å². The van der Waals surface area contributed by atoms with Crippen molar-refractivity contribution in [2.75, 3.05) is 6.54 Å². The zero-order chi connectivity index (χ0) is 23.9. The third kappa shape index (κ3) is 5.84. The van der Waals surface area contributed by atoms with E-state index in [1.54, 1.807) is 0 Å². The van der Waals surface area contributed by atoms with E-state index in [9.17, 15) is 14.4 Å². The molecular weight excluding hydrogens is 434 g/mol. The number of esters is 1. The highest BCUT2D eigenvalue weighted by Gasteiger charge is 2.23. The van der Waals surface area contributed by atoms with Gasteiger partial charge in [-0.2, -0.15) is 0 Å². The van der Waals surface area contributed by atoms with Crippen LogP contribution in [0.4, 0.5) is 4.79 Å². The van der Waals surface area contributed by atoms with Crippen molar-refractivity contribution in [3.05, 3.63) is 75.1 Å². The number of benzene rings is 2. The molecule has 0 bridgehead atoms. The van der Waals surface area contributed by atoms with Gasteiger partial charge in [-0.1, -0.05) is 36.8 Å². The van der Waals surface area contributed by atoms with E-state index in [-0.39, 0.29) is 24.6 Å². The van der Waals surface area contributed by atoms with Crippen molar-refractivity contribution < 1.29 is 23.5 Å². The molecule has 1 aliphatic rings. The third-order valence-electron chi connectivity index (χ3n) is 5.94. The van der Waals surface area contributed by atoms with Crippen LogP contribution in [-0.2, 0) is 29.0 Å². The molecule has 0 aliphatic heterocycles. The number of aryl methyl sites for hydroxylation is 2. The second-order valence-corrected chi connectivity index (χ2v) is 8.61. The first-order valence-corrected chi connectivity index (χ1v) is 11.8. The van der Waals surface area contributed by atoms with Crippen LogP contribution in [0.25, 0.3) is 11.0 Å². The van der Waals surface area contributed by atoms with Gasteiger partial charge in [-0.05, 0) is 67.9 Å². The maximum atomic E-state index is 12.5. The van der Waals surface area contributed by atoms with Crippen LogP contribution in [0.15, 0.2) is 51.7 Å². The summed E-state index contributed by atoms with van der Waals surface area (Å²) in [7, 11) is 0. The zero-order valence-corrected chi connectivity index (χ0v) is 19.4. The Labute approximate surface area is 198 Å². The molecule has 1 amide bonds. The molecule has 0 fully saturated rings. The second-order valence-electron chi connectivity index (χ2n) is 8.61. The highest BCUT2D eigenvalue weighted by atomic mass is 16.5. The molecular formula is C27H29NO6. The van der Waals surface area contributed by atoms with Crippen LogP contribution in [-0.4, -0.2) is 18.6 Å². The van der Waals surface area contributed by atoms with Gasteiger partial charge in [0, 0.05) is 18.5 Å². The Morgan fingerprint density at radius 1 is 1.03 bits per heavy atom. The standard InChI is InChI=1S/C27H29NO6/c1-18-15-22(25-20-11-8-12-21(20)26(30)34-23(25)16-18)33-24(29)13-6-3-7-14-28-27(31)32-17-19-9-4-2-5-10-19/h2,4-5,9-10,15-16H,3,6-8,11-14,17H2,1H3,(H,28,31). The van der Waals surface area contributed by atoms with Crippen LogP contribution in [0.5, 0.6) is 5.75 Å². The molecule has 2 aromatic carbocycles. The highest BCUT2D eigenvalue weighted by molar-refractivity contribution is 5.91. The van der Waals surface area contributed by atoms with Gasteiger partial charge in [0.05, 0.1) is 5.39 Å². The van der Waals surface area contributed by atoms with Crippen LogP contribution in [0.2, 0.25) is 0 Å². The molecule has 1 N–H and O–H groups in total. The molecule has 1 aromatic heterocycles. The lowest BCUT2D eigenvalue weighted by Crippen LogP contribution is -2.25. The SMILES string of the molecule is Cc1cc(OC(=O)CCCCCNC(=O)OCc2ccccc2)c2c3c(c(=O)oc2c1)CCC3. The molecule has 3 aromatic rings. The number of amides is 1. The molecule has 7 heteroatoms. The number of nitrogens with one attached hydrogen (secondary N) is 1.